The molecule has 0 spiro atoms. The molecular weight excluding hydrogens is 278 g/mol. The summed E-state index contributed by atoms with van der Waals surface area (Å²) in [6, 6.07) is -0.711. The van der Waals surface area contributed by atoms with E-state index in [4.69, 9.17) is 11.5 Å². The van der Waals surface area contributed by atoms with Crippen LogP contribution in [-0.2, 0) is 12.7 Å². The summed E-state index contributed by atoms with van der Waals surface area (Å²) in [5.74, 6) is -0.922. The number of carbonyl (C=O) groups is 2. The van der Waals surface area contributed by atoms with E-state index in [9.17, 15) is 9.59 Å². The van der Waals surface area contributed by atoms with Crippen molar-refractivity contribution >= 4 is 64.4 Å². The zero-order valence-electron chi connectivity index (χ0n) is 5.95. The fraction of sp³-hybridized carbons (Fsp3) is 0.600. The Bertz CT molecular complexity index is 167. The molecule has 1 atom stereocenters. The molecule has 7 heteroatoms. The molecule has 2 radical (unpaired) electrons. The van der Waals surface area contributed by atoms with Crippen molar-refractivity contribution in [3.05, 3.63) is 0 Å². The maximum absolute atomic E-state index is 10.7. The summed E-state index contributed by atoms with van der Waals surface area (Å²) in [6.07, 6.45) is 0.381. The fourth-order valence-electron chi connectivity index (χ4n) is 0.503. The second kappa shape index (κ2) is 8.30. The maximum atomic E-state index is 10.7. The second-order valence-corrected chi connectivity index (χ2v) is 2.72. The molecule has 1 amide bonds. The zero-order valence-corrected chi connectivity index (χ0v) is 9.24. The first kappa shape index (κ1) is 15.2. The van der Waals surface area contributed by atoms with Crippen LogP contribution in [0.3, 0.4) is 0 Å². The van der Waals surface area contributed by atoms with E-state index < -0.39 is 17.9 Å². The SMILES string of the molecule is NC(=O)CC[C@H](N)C(=O)[O][SnH].[NaH]. The van der Waals surface area contributed by atoms with Crippen LogP contribution in [0.5, 0.6) is 0 Å². The predicted octanol–water partition coefficient (Wildman–Crippen LogP) is -2.71. The van der Waals surface area contributed by atoms with Crippen LogP contribution in [0.2, 0.25) is 0 Å². The summed E-state index contributed by atoms with van der Waals surface area (Å²) >= 11 is 0.387. The third kappa shape index (κ3) is 7.35. The Morgan fingerprint density at radius 2 is 2.00 bits per heavy atom. The molecule has 0 saturated heterocycles. The molecule has 0 bridgehead atoms. The van der Waals surface area contributed by atoms with E-state index in [0.29, 0.717) is 22.9 Å². The van der Waals surface area contributed by atoms with Crippen molar-refractivity contribution in [2.75, 3.05) is 0 Å². The van der Waals surface area contributed by atoms with E-state index >= 15 is 0 Å². The van der Waals surface area contributed by atoms with Gasteiger partial charge in [-0.1, -0.05) is 0 Å². The third-order valence-corrected chi connectivity index (χ3v) is 1.78. The Morgan fingerprint density at radius 1 is 1.50 bits per heavy atom. The molecule has 0 unspecified atom stereocenters. The van der Waals surface area contributed by atoms with Gasteiger partial charge >= 0.3 is 107 Å². The number of primary amides is 1. The minimum absolute atomic E-state index is 0. The van der Waals surface area contributed by atoms with Gasteiger partial charge in [0.15, 0.2) is 0 Å². The Hall–Kier alpha value is 0.699. The second-order valence-electron chi connectivity index (χ2n) is 2.05. The van der Waals surface area contributed by atoms with E-state index in [2.05, 4.69) is 3.07 Å². The summed E-state index contributed by atoms with van der Waals surface area (Å²) in [7, 11) is 0. The first-order valence-electron chi connectivity index (χ1n) is 3.02. The van der Waals surface area contributed by atoms with Gasteiger partial charge in [0, 0.05) is 0 Å². The van der Waals surface area contributed by atoms with Gasteiger partial charge in [0.1, 0.15) is 0 Å². The van der Waals surface area contributed by atoms with Crippen molar-refractivity contribution in [3.8, 4) is 0 Å². The molecule has 0 aromatic carbocycles. The van der Waals surface area contributed by atoms with Crippen LogP contribution in [0.4, 0.5) is 0 Å². The third-order valence-electron chi connectivity index (χ3n) is 1.12. The normalized spacial score (nSPS) is 11.2. The monoisotopic (exact) mass is 290 g/mol. The molecule has 0 saturated carbocycles. The Balaban J connectivity index is 0. The van der Waals surface area contributed by atoms with Crippen molar-refractivity contribution in [1.29, 1.82) is 0 Å². The predicted molar refractivity (Wildman–Crippen MR) is 46.8 cm³/mol. The van der Waals surface area contributed by atoms with Crippen molar-refractivity contribution in [1.82, 2.24) is 0 Å². The Labute approximate surface area is 106 Å². The van der Waals surface area contributed by atoms with Crippen molar-refractivity contribution in [2.45, 2.75) is 18.9 Å². The van der Waals surface area contributed by atoms with Crippen LogP contribution in [-0.4, -0.2) is 70.4 Å². The van der Waals surface area contributed by atoms with Crippen LogP contribution in [0.25, 0.3) is 0 Å². The molecule has 0 fully saturated rings. The van der Waals surface area contributed by atoms with Gasteiger partial charge in [-0.05, 0) is 0 Å². The zero-order chi connectivity index (χ0) is 8.85. The van der Waals surface area contributed by atoms with Crippen LogP contribution >= 0.6 is 0 Å². The van der Waals surface area contributed by atoms with Crippen molar-refractivity contribution in [2.24, 2.45) is 11.5 Å². The van der Waals surface area contributed by atoms with Crippen LogP contribution in [0.1, 0.15) is 12.8 Å². The first-order valence-corrected chi connectivity index (χ1v) is 4.37. The number of nitrogens with two attached hydrogens (primary N) is 2. The van der Waals surface area contributed by atoms with E-state index in [1.54, 1.807) is 0 Å². The van der Waals surface area contributed by atoms with Gasteiger partial charge < -0.3 is 0 Å². The summed E-state index contributed by atoms with van der Waals surface area (Å²) in [6.45, 7) is 0. The standard InChI is InChI=1S/C5H10N2O3.Na.Sn.2H/c6-3(5(9)10)1-2-4(7)8;;;;/h3H,1-2,6H2,(H2,7,8)(H,9,10);;;;/q;;+1;;/p-1/t3-;;;;/m0..../s1. The van der Waals surface area contributed by atoms with Crippen molar-refractivity contribution < 1.29 is 12.7 Å². The van der Waals surface area contributed by atoms with Crippen molar-refractivity contribution in [3.63, 3.8) is 0 Å². The van der Waals surface area contributed by atoms with Gasteiger partial charge in [0.05, 0.1) is 0 Å². The van der Waals surface area contributed by atoms with E-state index in [-0.39, 0.29) is 42.4 Å². The molecule has 0 aliphatic carbocycles. The number of carbonyl (C=O) groups excluding carboxylic acids is 2. The Morgan fingerprint density at radius 3 is 2.33 bits per heavy atom. The summed E-state index contributed by atoms with van der Waals surface area (Å²) in [4.78, 5) is 20.9. The number of amides is 1. The van der Waals surface area contributed by atoms with Crippen LogP contribution < -0.4 is 11.5 Å². The molecular formula is C5H11N2NaO3Sn. The molecule has 0 aromatic heterocycles. The van der Waals surface area contributed by atoms with E-state index in [1.165, 1.54) is 0 Å². The topological polar surface area (TPSA) is 95.4 Å². The van der Waals surface area contributed by atoms with E-state index in [0.717, 1.165) is 0 Å². The number of hydrogen-bond donors (Lipinski definition) is 2. The number of hydrogen-bond acceptors (Lipinski definition) is 4. The molecule has 0 aliphatic heterocycles. The van der Waals surface area contributed by atoms with Crippen LogP contribution in [0.15, 0.2) is 0 Å². The van der Waals surface area contributed by atoms with E-state index in [1.807, 2.05) is 0 Å². The van der Waals surface area contributed by atoms with Gasteiger partial charge in [0.25, 0.3) is 0 Å². The molecule has 0 aliphatic rings. The van der Waals surface area contributed by atoms with Gasteiger partial charge in [-0.3, -0.25) is 0 Å². The molecule has 64 valence electrons. The summed E-state index contributed by atoms with van der Waals surface area (Å²) in [5, 5.41) is 0. The fourth-order valence-corrected chi connectivity index (χ4v) is 1.00. The quantitative estimate of drug-likeness (QED) is 0.550. The van der Waals surface area contributed by atoms with Gasteiger partial charge in [-0.15, -0.1) is 0 Å². The molecule has 0 heterocycles. The average molecular weight is 289 g/mol. The molecule has 5 nitrogen and oxygen atoms in total. The molecule has 0 rings (SSSR count). The minimum atomic E-state index is -0.711. The van der Waals surface area contributed by atoms with Gasteiger partial charge in [-0.2, -0.15) is 0 Å². The number of rotatable bonds is 4. The molecule has 12 heavy (non-hydrogen) atoms. The summed E-state index contributed by atoms with van der Waals surface area (Å²) < 4.78 is 4.46. The first-order chi connectivity index (χ1) is 5.07. The molecule has 4 N–H and O–H groups in total. The molecule has 0 aromatic rings. The van der Waals surface area contributed by atoms with Crippen LogP contribution in [0, 0.1) is 0 Å². The summed E-state index contributed by atoms with van der Waals surface area (Å²) in [5.41, 5.74) is 10.2. The Kier molecular flexibility index (Phi) is 10.5. The average Bonchev–Trinajstić information content (AvgIpc) is 1.98. The van der Waals surface area contributed by atoms with Gasteiger partial charge in [0.2, 0.25) is 0 Å². The van der Waals surface area contributed by atoms with Gasteiger partial charge in [-0.25, -0.2) is 0 Å².